The molecule has 0 saturated carbocycles. The van der Waals surface area contributed by atoms with Crippen molar-refractivity contribution in [1.82, 2.24) is 19.9 Å². The highest BCUT2D eigenvalue weighted by molar-refractivity contribution is 5.92. The summed E-state index contributed by atoms with van der Waals surface area (Å²) in [6.45, 7) is 5.19. The van der Waals surface area contributed by atoms with E-state index in [1.165, 1.54) is 0 Å². The number of pyridine rings is 1. The van der Waals surface area contributed by atoms with E-state index in [4.69, 9.17) is 0 Å². The molecule has 25 heavy (non-hydrogen) atoms. The van der Waals surface area contributed by atoms with Crippen molar-refractivity contribution in [1.29, 1.82) is 0 Å². The lowest BCUT2D eigenvalue weighted by atomic mass is 10.3. The second-order valence-corrected chi connectivity index (χ2v) is 6.42. The van der Waals surface area contributed by atoms with Crippen LogP contribution in [0.5, 0.6) is 0 Å². The normalized spacial score (nSPS) is 17.8. The molecule has 2 aromatic heterocycles. The molecular formula is C18H22N6O. The van der Waals surface area contributed by atoms with Gasteiger partial charge in [-0.15, -0.1) is 0 Å². The van der Waals surface area contributed by atoms with E-state index in [0.29, 0.717) is 5.69 Å². The first-order valence-electron chi connectivity index (χ1n) is 8.83. The van der Waals surface area contributed by atoms with Crippen molar-refractivity contribution in [2.45, 2.75) is 12.8 Å². The second-order valence-electron chi connectivity index (χ2n) is 6.42. The van der Waals surface area contributed by atoms with Crippen LogP contribution in [0.2, 0.25) is 0 Å². The highest BCUT2D eigenvalue weighted by atomic mass is 16.2. The summed E-state index contributed by atoms with van der Waals surface area (Å²) in [5.74, 6) is 1.84. The van der Waals surface area contributed by atoms with Gasteiger partial charge in [0.1, 0.15) is 17.3 Å². The molecule has 2 aromatic rings. The van der Waals surface area contributed by atoms with Crippen molar-refractivity contribution >= 4 is 17.5 Å². The fourth-order valence-electron chi connectivity index (χ4n) is 3.38. The summed E-state index contributed by atoms with van der Waals surface area (Å²) in [6, 6.07) is 5.98. The minimum Gasteiger partial charge on any atom is -0.353 e. The summed E-state index contributed by atoms with van der Waals surface area (Å²) in [5.41, 5.74) is 0.442. The smallest absolute Gasteiger partial charge is 0.274 e. The maximum absolute atomic E-state index is 12.3. The second kappa shape index (κ2) is 7.04. The molecule has 0 unspecified atom stereocenters. The first-order valence-corrected chi connectivity index (χ1v) is 8.83. The van der Waals surface area contributed by atoms with Gasteiger partial charge in [0.2, 0.25) is 0 Å². The zero-order valence-corrected chi connectivity index (χ0v) is 14.2. The monoisotopic (exact) mass is 338 g/mol. The molecule has 0 aromatic carbocycles. The third-order valence-corrected chi connectivity index (χ3v) is 4.83. The van der Waals surface area contributed by atoms with Gasteiger partial charge in [0, 0.05) is 45.5 Å². The summed E-state index contributed by atoms with van der Waals surface area (Å²) >= 11 is 0. The molecule has 4 rings (SSSR count). The molecular weight excluding hydrogens is 316 g/mol. The number of anilines is 2. The highest BCUT2D eigenvalue weighted by Crippen LogP contribution is 2.17. The van der Waals surface area contributed by atoms with Gasteiger partial charge in [-0.25, -0.2) is 15.0 Å². The van der Waals surface area contributed by atoms with E-state index in [2.05, 4.69) is 24.8 Å². The molecule has 2 aliphatic heterocycles. The molecule has 2 fully saturated rings. The average molecular weight is 338 g/mol. The summed E-state index contributed by atoms with van der Waals surface area (Å²) in [6.07, 6.45) is 7.32. The van der Waals surface area contributed by atoms with Gasteiger partial charge in [0.25, 0.3) is 5.91 Å². The average Bonchev–Trinajstić information content (AvgIpc) is 3.23. The maximum atomic E-state index is 12.3. The number of piperazine rings is 1. The molecule has 0 radical (unpaired) electrons. The van der Waals surface area contributed by atoms with Crippen molar-refractivity contribution in [2.75, 3.05) is 49.1 Å². The van der Waals surface area contributed by atoms with Crippen LogP contribution in [0.25, 0.3) is 0 Å². The molecule has 7 nitrogen and oxygen atoms in total. The predicted molar refractivity (Wildman–Crippen MR) is 95.8 cm³/mol. The van der Waals surface area contributed by atoms with Gasteiger partial charge in [-0.2, -0.15) is 0 Å². The van der Waals surface area contributed by atoms with Crippen molar-refractivity contribution in [2.24, 2.45) is 0 Å². The molecule has 0 spiro atoms. The number of carbonyl (C=O) groups is 1. The van der Waals surface area contributed by atoms with Crippen molar-refractivity contribution < 1.29 is 4.79 Å². The molecule has 1 amide bonds. The summed E-state index contributed by atoms with van der Waals surface area (Å²) in [5, 5.41) is 0. The van der Waals surface area contributed by atoms with Crippen molar-refractivity contribution in [3.05, 3.63) is 42.5 Å². The molecule has 0 aliphatic carbocycles. The van der Waals surface area contributed by atoms with E-state index in [-0.39, 0.29) is 5.91 Å². The highest BCUT2D eigenvalue weighted by Gasteiger charge is 2.22. The number of amides is 1. The van der Waals surface area contributed by atoms with Gasteiger partial charge in [0.05, 0.1) is 12.4 Å². The van der Waals surface area contributed by atoms with E-state index < -0.39 is 0 Å². The van der Waals surface area contributed by atoms with Gasteiger partial charge in [-0.1, -0.05) is 6.07 Å². The van der Waals surface area contributed by atoms with E-state index >= 15 is 0 Å². The van der Waals surface area contributed by atoms with Gasteiger partial charge < -0.3 is 14.7 Å². The molecule has 0 N–H and O–H groups in total. The molecule has 0 bridgehead atoms. The van der Waals surface area contributed by atoms with E-state index in [9.17, 15) is 4.79 Å². The number of hydrogen-bond donors (Lipinski definition) is 0. The molecule has 2 aliphatic rings. The van der Waals surface area contributed by atoms with Crippen LogP contribution in [0.15, 0.2) is 36.8 Å². The number of rotatable bonds is 3. The Morgan fingerprint density at radius 3 is 2.12 bits per heavy atom. The van der Waals surface area contributed by atoms with Crippen LogP contribution < -0.4 is 9.80 Å². The Balaban J connectivity index is 1.37. The number of likely N-dealkylation sites (tertiary alicyclic amines) is 1. The summed E-state index contributed by atoms with van der Waals surface area (Å²) < 4.78 is 0. The number of aromatic nitrogens is 3. The van der Waals surface area contributed by atoms with Crippen LogP contribution in [-0.4, -0.2) is 65.0 Å². The first-order chi connectivity index (χ1) is 12.3. The Hall–Kier alpha value is -2.70. The van der Waals surface area contributed by atoms with Gasteiger partial charge in [-0.3, -0.25) is 4.79 Å². The minimum absolute atomic E-state index is 0.00322. The Bertz CT molecular complexity index is 706. The molecule has 4 heterocycles. The van der Waals surface area contributed by atoms with Crippen molar-refractivity contribution in [3.63, 3.8) is 0 Å². The van der Waals surface area contributed by atoms with Crippen molar-refractivity contribution in [3.8, 4) is 0 Å². The zero-order valence-electron chi connectivity index (χ0n) is 14.2. The number of nitrogens with zero attached hydrogens (tertiary/aromatic N) is 6. The summed E-state index contributed by atoms with van der Waals surface area (Å²) in [4.78, 5) is 31.9. The minimum atomic E-state index is -0.00322. The lowest BCUT2D eigenvalue weighted by molar-refractivity contribution is 0.0786. The molecule has 7 heteroatoms. The van der Waals surface area contributed by atoms with Crippen LogP contribution in [0.3, 0.4) is 0 Å². The topological polar surface area (TPSA) is 65.5 Å². The lowest BCUT2D eigenvalue weighted by Gasteiger charge is -2.35. The van der Waals surface area contributed by atoms with Gasteiger partial charge >= 0.3 is 0 Å². The fourth-order valence-corrected chi connectivity index (χ4v) is 3.38. The predicted octanol–water partition coefficient (Wildman–Crippen LogP) is 1.43. The lowest BCUT2D eigenvalue weighted by Crippen LogP contribution is -2.47. The van der Waals surface area contributed by atoms with Crippen LogP contribution in [0, 0.1) is 0 Å². The quantitative estimate of drug-likeness (QED) is 0.844. The first kappa shape index (κ1) is 15.8. The van der Waals surface area contributed by atoms with E-state index in [0.717, 1.165) is 63.7 Å². The van der Waals surface area contributed by atoms with Crippen LogP contribution in [0.1, 0.15) is 23.3 Å². The molecule has 0 atom stereocenters. The van der Waals surface area contributed by atoms with Crippen LogP contribution in [0.4, 0.5) is 11.6 Å². The summed E-state index contributed by atoms with van der Waals surface area (Å²) in [7, 11) is 0. The SMILES string of the molecule is O=C(c1cnc(N2CCN(c3ccccn3)CC2)cn1)N1CCCC1. The number of hydrogen-bond acceptors (Lipinski definition) is 6. The van der Waals surface area contributed by atoms with Crippen LogP contribution in [-0.2, 0) is 0 Å². The zero-order chi connectivity index (χ0) is 17.1. The Labute approximate surface area is 147 Å². The van der Waals surface area contributed by atoms with Gasteiger partial charge in [-0.05, 0) is 25.0 Å². The van der Waals surface area contributed by atoms with Crippen LogP contribution >= 0.6 is 0 Å². The van der Waals surface area contributed by atoms with E-state index in [1.807, 2.05) is 29.3 Å². The largest absolute Gasteiger partial charge is 0.353 e. The molecule has 2 saturated heterocycles. The van der Waals surface area contributed by atoms with E-state index in [1.54, 1.807) is 12.4 Å². The van der Waals surface area contributed by atoms with Gasteiger partial charge in [0.15, 0.2) is 0 Å². The molecule has 130 valence electrons. The Kier molecular flexibility index (Phi) is 4.45. The standard InChI is InChI=1S/C18H22N6O/c25-18(24-7-3-4-8-24)15-13-21-17(14-20-15)23-11-9-22(10-12-23)16-5-1-2-6-19-16/h1-2,5-6,13-14H,3-4,7-12H2. The number of carbonyl (C=O) groups excluding carboxylic acids is 1. The maximum Gasteiger partial charge on any atom is 0.274 e. The third-order valence-electron chi connectivity index (χ3n) is 4.83. The Morgan fingerprint density at radius 2 is 1.52 bits per heavy atom. The third kappa shape index (κ3) is 3.40. The fraction of sp³-hybridized carbons (Fsp3) is 0.444. The Morgan fingerprint density at radius 1 is 0.800 bits per heavy atom.